The largest absolute Gasteiger partial charge is 0.466 e. The molecule has 1 atom stereocenters. The zero-order chi connectivity index (χ0) is 11.7. The van der Waals surface area contributed by atoms with Crippen molar-refractivity contribution in [3.05, 3.63) is 11.6 Å². The smallest absolute Gasteiger partial charge is 0.333 e. The molecule has 0 amide bonds. The Labute approximate surface area is 90.1 Å². The second-order valence-corrected chi connectivity index (χ2v) is 3.15. The Morgan fingerprint density at radius 1 is 1.53 bits per heavy atom. The number of hydrogen-bond donors (Lipinski definition) is 2. The number of aliphatic hydroxyl groups is 1. The van der Waals surface area contributed by atoms with Crippen LogP contribution < -0.4 is 5.32 Å². The number of carbonyl (C=O) groups is 1. The van der Waals surface area contributed by atoms with Crippen LogP contribution in [0, 0.1) is 0 Å². The van der Waals surface area contributed by atoms with E-state index in [0.717, 1.165) is 0 Å². The van der Waals surface area contributed by atoms with Crippen molar-refractivity contribution in [2.24, 2.45) is 0 Å². The fourth-order valence-electron chi connectivity index (χ4n) is 0.971. The van der Waals surface area contributed by atoms with Gasteiger partial charge in [-0.15, -0.1) is 0 Å². The van der Waals surface area contributed by atoms with Crippen molar-refractivity contribution < 1.29 is 19.4 Å². The summed E-state index contributed by atoms with van der Waals surface area (Å²) in [6.45, 7) is 2.92. The van der Waals surface area contributed by atoms with Crippen LogP contribution in [0.3, 0.4) is 0 Å². The Kier molecular flexibility index (Phi) is 7.89. The Hall–Kier alpha value is -0.910. The molecule has 0 heterocycles. The monoisotopic (exact) mass is 217 g/mol. The molecule has 5 heteroatoms. The van der Waals surface area contributed by atoms with Gasteiger partial charge in [0.2, 0.25) is 0 Å². The summed E-state index contributed by atoms with van der Waals surface area (Å²) in [5.74, 6) is -0.339. The molecular formula is C10H19NO4. The van der Waals surface area contributed by atoms with Crippen LogP contribution in [0.5, 0.6) is 0 Å². The first-order valence-corrected chi connectivity index (χ1v) is 4.74. The third-order valence-corrected chi connectivity index (χ3v) is 1.80. The SMILES string of the molecule is COCC(O)CNC/C=C(/C)C(=O)OC. The first kappa shape index (κ1) is 14.1. The van der Waals surface area contributed by atoms with Crippen molar-refractivity contribution in [3.8, 4) is 0 Å². The lowest BCUT2D eigenvalue weighted by atomic mass is 10.3. The Bertz CT molecular complexity index is 215. The minimum Gasteiger partial charge on any atom is -0.466 e. The lowest BCUT2D eigenvalue weighted by Gasteiger charge is -2.09. The van der Waals surface area contributed by atoms with Gasteiger partial charge in [0.05, 0.1) is 19.8 Å². The van der Waals surface area contributed by atoms with E-state index in [1.54, 1.807) is 13.0 Å². The Morgan fingerprint density at radius 2 is 2.20 bits per heavy atom. The summed E-state index contributed by atoms with van der Waals surface area (Å²) >= 11 is 0. The van der Waals surface area contributed by atoms with Gasteiger partial charge in [0.15, 0.2) is 0 Å². The highest BCUT2D eigenvalue weighted by Gasteiger charge is 2.03. The average Bonchev–Trinajstić information content (AvgIpc) is 2.23. The second-order valence-electron chi connectivity index (χ2n) is 3.15. The van der Waals surface area contributed by atoms with Crippen LogP contribution in [0.1, 0.15) is 6.92 Å². The molecule has 0 aliphatic carbocycles. The van der Waals surface area contributed by atoms with E-state index in [1.165, 1.54) is 14.2 Å². The van der Waals surface area contributed by atoms with Crippen LogP contribution in [0.25, 0.3) is 0 Å². The third-order valence-electron chi connectivity index (χ3n) is 1.80. The van der Waals surface area contributed by atoms with Gasteiger partial charge in [-0.1, -0.05) is 6.08 Å². The molecule has 5 nitrogen and oxygen atoms in total. The van der Waals surface area contributed by atoms with Gasteiger partial charge in [0.1, 0.15) is 0 Å². The van der Waals surface area contributed by atoms with Gasteiger partial charge in [0.25, 0.3) is 0 Å². The van der Waals surface area contributed by atoms with Crippen molar-refractivity contribution in [1.29, 1.82) is 0 Å². The number of aliphatic hydroxyl groups excluding tert-OH is 1. The highest BCUT2D eigenvalue weighted by Crippen LogP contribution is 1.93. The summed E-state index contributed by atoms with van der Waals surface area (Å²) in [4.78, 5) is 11.0. The molecule has 0 saturated heterocycles. The molecule has 0 rings (SSSR count). The molecule has 2 N–H and O–H groups in total. The zero-order valence-electron chi connectivity index (χ0n) is 9.45. The average molecular weight is 217 g/mol. The Balaban J connectivity index is 3.64. The van der Waals surface area contributed by atoms with Gasteiger partial charge in [-0.3, -0.25) is 0 Å². The van der Waals surface area contributed by atoms with Crippen LogP contribution in [0.2, 0.25) is 0 Å². The maximum atomic E-state index is 11.0. The topological polar surface area (TPSA) is 67.8 Å². The predicted molar refractivity (Wildman–Crippen MR) is 56.5 cm³/mol. The van der Waals surface area contributed by atoms with Crippen LogP contribution in [-0.4, -0.2) is 51.1 Å². The van der Waals surface area contributed by atoms with Gasteiger partial charge in [0, 0.05) is 25.8 Å². The van der Waals surface area contributed by atoms with Crippen molar-refractivity contribution in [1.82, 2.24) is 5.32 Å². The summed E-state index contributed by atoms with van der Waals surface area (Å²) < 4.78 is 9.28. The van der Waals surface area contributed by atoms with Gasteiger partial charge >= 0.3 is 5.97 Å². The molecule has 0 aliphatic rings. The van der Waals surface area contributed by atoms with Crippen LogP contribution in [-0.2, 0) is 14.3 Å². The van der Waals surface area contributed by atoms with Gasteiger partial charge in [-0.25, -0.2) is 4.79 Å². The zero-order valence-corrected chi connectivity index (χ0v) is 9.45. The van der Waals surface area contributed by atoms with E-state index in [0.29, 0.717) is 25.3 Å². The molecule has 0 bridgehead atoms. The fraction of sp³-hybridized carbons (Fsp3) is 0.700. The first-order chi connectivity index (χ1) is 7.11. The fourth-order valence-corrected chi connectivity index (χ4v) is 0.971. The highest BCUT2D eigenvalue weighted by molar-refractivity contribution is 5.87. The van der Waals surface area contributed by atoms with Gasteiger partial charge in [-0.2, -0.15) is 0 Å². The molecule has 0 aromatic heterocycles. The first-order valence-electron chi connectivity index (χ1n) is 4.74. The lowest BCUT2D eigenvalue weighted by molar-refractivity contribution is -0.136. The molecule has 0 radical (unpaired) electrons. The quantitative estimate of drug-likeness (QED) is 0.348. The van der Waals surface area contributed by atoms with Crippen molar-refractivity contribution in [2.45, 2.75) is 13.0 Å². The molecule has 0 saturated carbocycles. The van der Waals surface area contributed by atoms with E-state index in [4.69, 9.17) is 4.74 Å². The third kappa shape index (κ3) is 7.07. The van der Waals surface area contributed by atoms with E-state index in [-0.39, 0.29) is 5.97 Å². The number of hydrogen-bond acceptors (Lipinski definition) is 5. The summed E-state index contributed by atoms with van der Waals surface area (Å²) in [5.41, 5.74) is 0.547. The number of carbonyl (C=O) groups excluding carboxylic acids is 1. The normalized spacial score (nSPS) is 13.7. The molecule has 0 aromatic carbocycles. The second kappa shape index (κ2) is 8.40. The number of rotatable bonds is 7. The van der Waals surface area contributed by atoms with E-state index >= 15 is 0 Å². The van der Waals surface area contributed by atoms with Crippen molar-refractivity contribution >= 4 is 5.97 Å². The molecule has 0 aromatic rings. The van der Waals surface area contributed by atoms with Crippen LogP contribution in [0.4, 0.5) is 0 Å². The summed E-state index contributed by atoms with van der Waals surface area (Å²) in [5, 5.41) is 12.2. The summed E-state index contributed by atoms with van der Waals surface area (Å²) in [6, 6.07) is 0. The van der Waals surface area contributed by atoms with Crippen molar-refractivity contribution in [3.63, 3.8) is 0 Å². The summed E-state index contributed by atoms with van der Waals surface area (Å²) in [6.07, 6.45) is 1.19. The van der Waals surface area contributed by atoms with E-state index in [1.807, 2.05) is 0 Å². The van der Waals surface area contributed by atoms with Crippen LogP contribution in [0.15, 0.2) is 11.6 Å². The summed E-state index contributed by atoms with van der Waals surface area (Å²) in [7, 11) is 2.87. The maximum Gasteiger partial charge on any atom is 0.333 e. The number of ether oxygens (including phenoxy) is 2. The van der Waals surface area contributed by atoms with Crippen molar-refractivity contribution in [2.75, 3.05) is 33.9 Å². The predicted octanol–water partition coefficient (Wildman–Crippen LogP) is -0.297. The van der Waals surface area contributed by atoms with E-state index in [2.05, 4.69) is 10.1 Å². The minimum atomic E-state index is -0.526. The molecule has 0 fully saturated rings. The standard InChI is InChI=1S/C10H19NO4/c1-8(10(13)15-3)4-5-11-6-9(12)7-14-2/h4,9,11-12H,5-7H2,1-3H3/b8-4-. The molecule has 1 unspecified atom stereocenters. The van der Waals surface area contributed by atoms with Crippen LogP contribution >= 0.6 is 0 Å². The number of nitrogens with one attached hydrogen (secondary N) is 1. The minimum absolute atomic E-state index is 0.298. The maximum absolute atomic E-state index is 11.0. The molecule has 0 spiro atoms. The number of esters is 1. The highest BCUT2D eigenvalue weighted by atomic mass is 16.5. The van der Waals surface area contributed by atoms with E-state index in [9.17, 15) is 9.90 Å². The van der Waals surface area contributed by atoms with E-state index < -0.39 is 6.10 Å². The molecule has 0 aliphatic heterocycles. The van der Waals surface area contributed by atoms with Gasteiger partial charge in [-0.05, 0) is 6.92 Å². The van der Waals surface area contributed by atoms with Gasteiger partial charge < -0.3 is 19.9 Å². The Morgan fingerprint density at radius 3 is 2.73 bits per heavy atom. The molecule has 15 heavy (non-hydrogen) atoms. The molecular weight excluding hydrogens is 198 g/mol. The number of methoxy groups -OCH3 is 2. The molecule has 88 valence electrons. The lowest BCUT2D eigenvalue weighted by Crippen LogP contribution is -2.30.